The predicted octanol–water partition coefficient (Wildman–Crippen LogP) is 3.93. The molecule has 4 rings (SSSR count). The first kappa shape index (κ1) is 22.6. The number of hydrazone groups is 1. The second-order valence-electron chi connectivity index (χ2n) is 7.96. The van der Waals surface area contributed by atoms with E-state index in [-0.39, 0.29) is 5.75 Å². The van der Waals surface area contributed by atoms with Crippen LogP contribution in [-0.4, -0.2) is 62.5 Å². The number of ether oxygens (including phenoxy) is 3. The van der Waals surface area contributed by atoms with Crippen LogP contribution in [0.15, 0.2) is 59.7 Å². The summed E-state index contributed by atoms with van der Waals surface area (Å²) in [5.41, 5.74) is 2.16. The maximum atomic E-state index is 11.4. The highest BCUT2D eigenvalue weighted by Crippen LogP contribution is 2.38. The number of fused-ring (bicyclic) bond motifs is 1. The zero-order valence-corrected chi connectivity index (χ0v) is 19.3. The maximum Gasteiger partial charge on any atom is 0.308 e. The Kier molecular flexibility index (Phi) is 7.10. The monoisotopic (exact) mass is 447 g/mol. The molecule has 33 heavy (non-hydrogen) atoms. The molecule has 3 aromatic carbocycles. The lowest BCUT2D eigenvalue weighted by atomic mass is 10.0. The van der Waals surface area contributed by atoms with Gasteiger partial charge in [-0.15, -0.1) is 0 Å². The number of methoxy groups -OCH3 is 2. The van der Waals surface area contributed by atoms with Crippen LogP contribution < -0.4 is 14.2 Å². The average Bonchev–Trinajstić information content (AvgIpc) is 2.84. The summed E-state index contributed by atoms with van der Waals surface area (Å²) in [6.07, 6.45) is 1.78. The molecule has 0 spiro atoms. The van der Waals surface area contributed by atoms with Crippen LogP contribution >= 0.6 is 0 Å². The number of esters is 1. The molecule has 7 heteroatoms. The van der Waals surface area contributed by atoms with E-state index in [1.807, 2.05) is 0 Å². The maximum absolute atomic E-state index is 11.4. The van der Waals surface area contributed by atoms with Crippen LogP contribution in [0.1, 0.15) is 18.1 Å². The quantitative estimate of drug-likeness (QED) is 0.311. The van der Waals surface area contributed by atoms with Crippen molar-refractivity contribution < 1.29 is 19.0 Å². The van der Waals surface area contributed by atoms with E-state index < -0.39 is 5.97 Å². The number of piperazine rings is 1. The summed E-state index contributed by atoms with van der Waals surface area (Å²) in [4.78, 5) is 13.9. The van der Waals surface area contributed by atoms with Gasteiger partial charge in [-0.1, -0.05) is 42.5 Å². The highest BCUT2D eigenvalue weighted by molar-refractivity contribution is 5.85. The van der Waals surface area contributed by atoms with Gasteiger partial charge in [0.15, 0.2) is 11.5 Å². The van der Waals surface area contributed by atoms with Crippen molar-refractivity contribution >= 4 is 23.0 Å². The van der Waals surface area contributed by atoms with E-state index in [2.05, 4.69) is 57.5 Å². The van der Waals surface area contributed by atoms with Crippen LogP contribution in [0.4, 0.5) is 0 Å². The normalized spacial score (nSPS) is 14.6. The first-order chi connectivity index (χ1) is 16.1. The molecule has 0 N–H and O–H groups in total. The lowest BCUT2D eigenvalue weighted by Gasteiger charge is -2.33. The number of carbonyl (C=O) groups is 1. The summed E-state index contributed by atoms with van der Waals surface area (Å²) in [5, 5.41) is 9.32. The Labute approximate surface area is 194 Å². The lowest BCUT2D eigenvalue weighted by Crippen LogP contribution is -2.43. The van der Waals surface area contributed by atoms with Gasteiger partial charge in [0, 0.05) is 45.2 Å². The third kappa shape index (κ3) is 5.43. The van der Waals surface area contributed by atoms with E-state index in [1.54, 1.807) is 18.3 Å². The number of benzene rings is 3. The Morgan fingerprint density at radius 3 is 2.30 bits per heavy atom. The molecule has 172 valence electrons. The van der Waals surface area contributed by atoms with Gasteiger partial charge in [-0.2, -0.15) is 5.10 Å². The zero-order chi connectivity index (χ0) is 23.2. The number of nitrogens with zero attached hydrogens (tertiary/aromatic N) is 3. The fourth-order valence-electron chi connectivity index (χ4n) is 4.05. The fourth-order valence-corrected chi connectivity index (χ4v) is 4.05. The standard InChI is InChI=1S/C26H29N3O4/c1-19(30)33-26-24(31-2)15-20(16-25(26)32-3)17-27-29-13-11-28(12-14-29)18-22-9-6-8-21-7-4-5-10-23(21)22/h4-10,15-17H,11-14,18H2,1-3H3/b27-17-. The summed E-state index contributed by atoms with van der Waals surface area (Å²) in [6, 6.07) is 18.6. The number of hydrogen-bond donors (Lipinski definition) is 0. The molecule has 1 heterocycles. The number of rotatable bonds is 7. The smallest absolute Gasteiger partial charge is 0.308 e. The van der Waals surface area contributed by atoms with Gasteiger partial charge >= 0.3 is 5.97 Å². The van der Waals surface area contributed by atoms with Crippen molar-refractivity contribution in [2.45, 2.75) is 13.5 Å². The zero-order valence-electron chi connectivity index (χ0n) is 19.3. The third-order valence-corrected chi connectivity index (χ3v) is 5.72. The van der Waals surface area contributed by atoms with Crippen LogP contribution in [0.3, 0.4) is 0 Å². The minimum absolute atomic E-state index is 0.270. The van der Waals surface area contributed by atoms with E-state index in [0.717, 1.165) is 38.3 Å². The van der Waals surface area contributed by atoms with Crippen molar-refractivity contribution in [2.24, 2.45) is 5.10 Å². The van der Waals surface area contributed by atoms with Gasteiger partial charge in [0.05, 0.1) is 20.4 Å². The van der Waals surface area contributed by atoms with Gasteiger partial charge in [-0.05, 0) is 28.5 Å². The van der Waals surface area contributed by atoms with Crippen molar-refractivity contribution in [2.75, 3.05) is 40.4 Å². The molecule has 1 aliphatic heterocycles. The third-order valence-electron chi connectivity index (χ3n) is 5.72. The summed E-state index contributed by atoms with van der Waals surface area (Å²) >= 11 is 0. The van der Waals surface area contributed by atoms with E-state index >= 15 is 0 Å². The highest BCUT2D eigenvalue weighted by atomic mass is 16.6. The van der Waals surface area contributed by atoms with Crippen LogP contribution in [0, 0.1) is 0 Å². The van der Waals surface area contributed by atoms with Crippen LogP contribution in [0.5, 0.6) is 17.2 Å². The Balaban J connectivity index is 1.39. The molecule has 0 aliphatic carbocycles. The predicted molar refractivity (Wildman–Crippen MR) is 129 cm³/mol. The molecular weight excluding hydrogens is 418 g/mol. The summed E-state index contributed by atoms with van der Waals surface area (Å²) < 4.78 is 16.0. The molecule has 0 bridgehead atoms. The minimum atomic E-state index is -0.436. The van der Waals surface area contributed by atoms with Crippen LogP contribution in [0.2, 0.25) is 0 Å². The van der Waals surface area contributed by atoms with Crippen molar-refractivity contribution in [3.05, 3.63) is 65.7 Å². The van der Waals surface area contributed by atoms with Crippen molar-refractivity contribution in [3.8, 4) is 17.2 Å². The van der Waals surface area contributed by atoms with E-state index in [1.165, 1.54) is 37.5 Å². The van der Waals surface area contributed by atoms with Crippen molar-refractivity contribution in [1.82, 2.24) is 9.91 Å². The Bertz CT molecular complexity index is 1120. The van der Waals surface area contributed by atoms with Crippen LogP contribution in [-0.2, 0) is 11.3 Å². The molecule has 1 fully saturated rings. The molecule has 1 aliphatic rings. The largest absolute Gasteiger partial charge is 0.493 e. The molecule has 0 saturated carbocycles. The van der Waals surface area contributed by atoms with E-state index in [9.17, 15) is 4.79 Å². The summed E-state index contributed by atoms with van der Waals surface area (Å²) in [5.74, 6) is 0.679. The Hall–Kier alpha value is -3.58. The van der Waals surface area contributed by atoms with Crippen LogP contribution in [0.25, 0.3) is 10.8 Å². The molecule has 0 unspecified atom stereocenters. The Morgan fingerprint density at radius 1 is 0.970 bits per heavy atom. The van der Waals surface area contributed by atoms with Crippen molar-refractivity contribution in [1.29, 1.82) is 0 Å². The topological polar surface area (TPSA) is 63.6 Å². The first-order valence-electron chi connectivity index (χ1n) is 11.0. The summed E-state index contributed by atoms with van der Waals surface area (Å²) in [6.45, 7) is 5.86. The molecular formula is C26H29N3O4. The molecule has 0 aromatic heterocycles. The average molecular weight is 448 g/mol. The highest BCUT2D eigenvalue weighted by Gasteiger charge is 2.18. The molecule has 3 aromatic rings. The Morgan fingerprint density at radius 2 is 1.64 bits per heavy atom. The number of hydrogen-bond acceptors (Lipinski definition) is 7. The van der Waals surface area contributed by atoms with E-state index in [4.69, 9.17) is 14.2 Å². The molecule has 0 amide bonds. The van der Waals surface area contributed by atoms with Gasteiger partial charge in [0.1, 0.15) is 0 Å². The van der Waals surface area contributed by atoms with Gasteiger partial charge in [-0.3, -0.25) is 14.7 Å². The molecule has 7 nitrogen and oxygen atoms in total. The van der Waals surface area contributed by atoms with Gasteiger partial charge in [0.2, 0.25) is 5.75 Å². The SMILES string of the molecule is COc1cc(/C=N\N2CCN(Cc3cccc4ccccc34)CC2)cc(OC)c1OC(C)=O. The lowest BCUT2D eigenvalue weighted by molar-refractivity contribution is -0.132. The molecule has 0 radical (unpaired) electrons. The van der Waals surface area contributed by atoms with Crippen molar-refractivity contribution in [3.63, 3.8) is 0 Å². The molecule has 1 saturated heterocycles. The minimum Gasteiger partial charge on any atom is -0.493 e. The second-order valence-corrected chi connectivity index (χ2v) is 7.96. The van der Waals surface area contributed by atoms with E-state index in [0.29, 0.717) is 11.5 Å². The van der Waals surface area contributed by atoms with Gasteiger partial charge < -0.3 is 14.2 Å². The second kappa shape index (κ2) is 10.4. The number of carbonyl (C=O) groups excluding carboxylic acids is 1. The first-order valence-corrected chi connectivity index (χ1v) is 11.0. The van der Waals surface area contributed by atoms with Gasteiger partial charge in [0.25, 0.3) is 0 Å². The fraction of sp³-hybridized carbons (Fsp3) is 0.308. The summed E-state index contributed by atoms with van der Waals surface area (Å²) in [7, 11) is 3.05. The van der Waals surface area contributed by atoms with Gasteiger partial charge in [-0.25, -0.2) is 0 Å². The molecule has 0 atom stereocenters.